The summed E-state index contributed by atoms with van der Waals surface area (Å²) in [6, 6.07) is 10.1. The van der Waals surface area contributed by atoms with Crippen molar-refractivity contribution in [1.29, 1.82) is 0 Å². The summed E-state index contributed by atoms with van der Waals surface area (Å²) in [5.74, 6) is 0.485. The molecule has 2 aromatic rings. The summed E-state index contributed by atoms with van der Waals surface area (Å²) in [5.41, 5.74) is 0.688. The van der Waals surface area contributed by atoms with Gasteiger partial charge in [-0.15, -0.1) is 0 Å². The zero-order valence-electron chi connectivity index (χ0n) is 13.4. The minimum atomic E-state index is -1.02. The van der Waals surface area contributed by atoms with E-state index in [1.807, 2.05) is 0 Å². The Morgan fingerprint density at radius 2 is 1.76 bits per heavy atom. The quantitative estimate of drug-likeness (QED) is 0.535. The van der Waals surface area contributed by atoms with Gasteiger partial charge in [0.15, 0.2) is 11.5 Å². The summed E-state index contributed by atoms with van der Waals surface area (Å²) >= 11 is 11.9. The molecule has 0 bridgehead atoms. The van der Waals surface area contributed by atoms with E-state index >= 15 is 0 Å². The number of ether oxygens (including phenoxy) is 3. The van der Waals surface area contributed by atoms with Gasteiger partial charge in [-0.25, -0.2) is 4.79 Å². The van der Waals surface area contributed by atoms with E-state index in [1.165, 1.54) is 13.2 Å². The van der Waals surface area contributed by atoms with Crippen LogP contribution in [0.2, 0.25) is 10.0 Å². The molecular weight excluding hydrogens is 367 g/mol. The summed E-state index contributed by atoms with van der Waals surface area (Å²) in [6.07, 6.45) is 2.52. The molecule has 0 unspecified atom stereocenters. The Kier molecular flexibility index (Phi) is 6.98. The number of carbonyl (C=O) groups is 1. The minimum absolute atomic E-state index is 0.267. The van der Waals surface area contributed by atoms with Crippen LogP contribution in [0.4, 0.5) is 0 Å². The van der Waals surface area contributed by atoms with Crippen LogP contribution in [0, 0.1) is 0 Å². The second kappa shape index (κ2) is 9.20. The second-order valence-electron chi connectivity index (χ2n) is 4.85. The van der Waals surface area contributed by atoms with Crippen LogP contribution in [0.1, 0.15) is 5.56 Å². The molecule has 0 fully saturated rings. The van der Waals surface area contributed by atoms with Gasteiger partial charge in [-0.3, -0.25) is 0 Å². The number of benzene rings is 2. The normalized spacial score (nSPS) is 10.7. The van der Waals surface area contributed by atoms with Crippen molar-refractivity contribution in [3.8, 4) is 17.2 Å². The van der Waals surface area contributed by atoms with Crippen molar-refractivity contribution < 1.29 is 24.1 Å². The fourth-order valence-corrected chi connectivity index (χ4v) is 2.30. The molecule has 7 heteroatoms. The van der Waals surface area contributed by atoms with E-state index in [4.69, 9.17) is 42.5 Å². The van der Waals surface area contributed by atoms with Gasteiger partial charge in [-0.2, -0.15) is 0 Å². The van der Waals surface area contributed by atoms with Gasteiger partial charge in [0, 0.05) is 17.2 Å². The average Bonchev–Trinajstić information content (AvgIpc) is 2.60. The van der Waals surface area contributed by atoms with E-state index in [-0.39, 0.29) is 13.2 Å². The SMILES string of the molecule is COc1cc(C=CC(=O)O)ccc1OCCOc1cc(Cl)ccc1Cl. The Labute approximate surface area is 155 Å². The molecule has 2 rings (SSSR count). The molecule has 0 aliphatic carbocycles. The van der Waals surface area contributed by atoms with Crippen LogP contribution in [-0.2, 0) is 4.79 Å². The van der Waals surface area contributed by atoms with Gasteiger partial charge < -0.3 is 19.3 Å². The smallest absolute Gasteiger partial charge is 0.328 e. The number of carboxylic acids is 1. The highest BCUT2D eigenvalue weighted by molar-refractivity contribution is 6.34. The molecule has 0 amide bonds. The molecule has 0 aliphatic rings. The fraction of sp³-hybridized carbons (Fsp3) is 0.167. The third-order valence-electron chi connectivity index (χ3n) is 3.10. The van der Waals surface area contributed by atoms with Crippen molar-refractivity contribution >= 4 is 35.2 Å². The summed E-state index contributed by atoms with van der Waals surface area (Å²) in [7, 11) is 1.51. The predicted octanol–water partition coefficient (Wildman–Crippen LogP) is 4.56. The lowest BCUT2D eigenvalue weighted by molar-refractivity contribution is -0.131. The van der Waals surface area contributed by atoms with Crippen LogP contribution in [0.15, 0.2) is 42.5 Å². The van der Waals surface area contributed by atoms with Crippen molar-refractivity contribution in [2.75, 3.05) is 20.3 Å². The first kappa shape index (κ1) is 19.0. The molecule has 0 radical (unpaired) electrons. The number of hydrogen-bond acceptors (Lipinski definition) is 4. The highest BCUT2D eigenvalue weighted by Crippen LogP contribution is 2.29. The Balaban J connectivity index is 1.94. The molecule has 0 saturated heterocycles. The van der Waals surface area contributed by atoms with Crippen LogP contribution in [0.25, 0.3) is 6.08 Å². The maximum Gasteiger partial charge on any atom is 0.328 e. The lowest BCUT2D eigenvalue weighted by Crippen LogP contribution is -2.09. The number of aliphatic carboxylic acids is 1. The van der Waals surface area contributed by atoms with Crippen molar-refractivity contribution in [1.82, 2.24) is 0 Å². The lowest BCUT2D eigenvalue weighted by Gasteiger charge is -2.12. The molecule has 0 aromatic heterocycles. The monoisotopic (exact) mass is 382 g/mol. The standard InChI is InChI=1S/C18H16Cl2O5/c1-23-17-10-12(3-7-18(21)22)2-6-15(17)24-8-9-25-16-11-13(19)4-5-14(16)20/h2-7,10-11H,8-9H2,1H3,(H,21,22). The van der Waals surface area contributed by atoms with Gasteiger partial charge >= 0.3 is 5.97 Å². The van der Waals surface area contributed by atoms with E-state index in [0.29, 0.717) is 32.9 Å². The van der Waals surface area contributed by atoms with E-state index in [2.05, 4.69) is 0 Å². The first-order valence-electron chi connectivity index (χ1n) is 7.29. The van der Waals surface area contributed by atoms with Gasteiger partial charge in [0.2, 0.25) is 0 Å². The summed E-state index contributed by atoms with van der Waals surface area (Å²) in [4.78, 5) is 10.6. The molecule has 1 N–H and O–H groups in total. The highest BCUT2D eigenvalue weighted by atomic mass is 35.5. The Morgan fingerprint density at radius 3 is 2.44 bits per heavy atom. The third-order valence-corrected chi connectivity index (χ3v) is 3.65. The van der Waals surface area contributed by atoms with Gasteiger partial charge in [0.25, 0.3) is 0 Å². The van der Waals surface area contributed by atoms with Gasteiger partial charge in [-0.1, -0.05) is 29.3 Å². The van der Waals surface area contributed by atoms with Crippen LogP contribution >= 0.6 is 23.2 Å². The van der Waals surface area contributed by atoms with Crippen LogP contribution in [0.5, 0.6) is 17.2 Å². The highest BCUT2D eigenvalue weighted by Gasteiger charge is 2.06. The van der Waals surface area contributed by atoms with E-state index in [1.54, 1.807) is 36.4 Å². The zero-order valence-corrected chi connectivity index (χ0v) is 14.9. The summed E-state index contributed by atoms with van der Waals surface area (Å²) in [5, 5.41) is 9.66. The van der Waals surface area contributed by atoms with Crippen molar-refractivity contribution in [2.24, 2.45) is 0 Å². The number of carboxylic acid groups (broad SMARTS) is 1. The largest absolute Gasteiger partial charge is 0.493 e. The Morgan fingerprint density at radius 1 is 1.04 bits per heavy atom. The van der Waals surface area contributed by atoms with E-state index in [9.17, 15) is 4.79 Å². The molecular formula is C18H16Cl2O5. The number of halogens is 2. The van der Waals surface area contributed by atoms with Crippen molar-refractivity contribution in [2.45, 2.75) is 0 Å². The maximum absolute atomic E-state index is 10.6. The maximum atomic E-state index is 10.6. The average molecular weight is 383 g/mol. The first-order valence-corrected chi connectivity index (χ1v) is 8.05. The number of rotatable bonds is 8. The predicted molar refractivity (Wildman–Crippen MR) is 97.1 cm³/mol. The lowest BCUT2D eigenvalue weighted by atomic mass is 10.2. The van der Waals surface area contributed by atoms with Crippen molar-refractivity contribution in [3.63, 3.8) is 0 Å². The van der Waals surface area contributed by atoms with E-state index in [0.717, 1.165) is 6.08 Å². The summed E-state index contributed by atoms with van der Waals surface area (Å²) in [6.45, 7) is 0.535. The molecule has 25 heavy (non-hydrogen) atoms. The van der Waals surface area contributed by atoms with Crippen LogP contribution in [0.3, 0.4) is 0 Å². The van der Waals surface area contributed by atoms with Crippen molar-refractivity contribution in [3.05, 3.63) is 58.1 Å². The first-order chi connectivity index (χ1) is 12.0. The molecule has 0 aliphatic heterocycles. The van der Waals surface area contributed by atoms with Crippen LogP contribution in [-0.4, -0.2) is 31.4 Å². The number of hydrogen-bond donors (Lipinski definition) is 1. The van der Waals surface area contributed by atoms with Gasteiger partial charge in [0.05, 0.1) is 12.1 Å². The van der Waals surface area contributed by atoms with Crippen LogP contribution < -0.4 is 14.2 Å². The zero-order chi connectivity index (χ0) is 18.2. The molecule has 0 atom stereocenters. The Hall–Kier alpha value is -2.37. The molecule has 0 spiro atoms. The van der Waals surface area contributed by atoms with E-state index < -0.39 is 5.97 Å². The molecule has 5 nitrogen and oxygen atoms in total. The molecule has 2 aromatic carbocycles. The topological polar surface area (TPSA) is 65.0 Å². The van der Waals surface area contributed by atoms with Gasteiger partial charge in [0.1, 0.15) is 19.0 Å². The third kappa shape index (κ3) is 5.89. The minimum Gasteiger partial charge on any atom is -0.493 e. The molecule has 132 valence electrons. The molecule has 0 heterocycles. The fourth-order valence-electron chi connectivity index (χ4n) is 1.97. The second-order valence-corrected chi connectivity index (χ2v) is 5.70. The molecule has 0 saturated carbocycles. The van der Waals surface area contributed by atoms with Gasteiger partial charge in [-0.05, 0) is 35.9 Å². The number of methoxy groups -OCH3 is 1. The Bertz CT molecular complexity index is 774. The summed E-state index contributed by atoms with van der Waals surface area (Å²) < 4.78 is 16.4.